The smallest absolute Gasteiger partial charge is 0.222 e. The molecular formula is C14H20ClNO3. The molecule has 0 heterocycles. The first kappa shape index (κ1) is 16.0. The van der Waals surface area contributed by atoms with Gasteiger partial charge in [-0.3, -0.25) is 4.79 Å². The molecule has 2 N–H and O–H groups in total. The number of amides is 1. The van der Waals surface area contributed by atoms with Crippen LogP contribution in [0.1, 0.15) is 31.9 Å². The van der Waals surface area contributed by atoms with E-state index >= 15 is 0 Å². The van der Waals surface area contributed by atoms with Crippen LogP contribution in [0.3, 0.4) is 0 Å². The lowest BCUT2D eigenvalue weighted by molar-refractivity contribution is -0.123. The van der Waals surface area contributed by atoms with Crippen molar-refractivity contribution in [2.75, 3.05) is 13.2 Å². The fourth-order valence-corrected chi connectivity index (χ4v) is 1.79. The van der Waals surface area contributed by atoms with E-state index in [-0.39, 0.29) is 11.9 Å². The van der Waals surface area contributed by atoms with E-state index in [4.69, 9.17) is 16.3 Å². The highest BCUT2D eigenvalue weighted by Gasteiger charge is 2.18. The van der Waals surface area contributed by atoms with E-state index in [2.05, 4.69) is 5.32 Å². The van der Waals surface area contributed by atoms with Crippen LogP contribution in [-0.2, 0) is 9.53 Å². The van der Waals surface area contributed by atoms with Gasteiger partial charge in [0.25, 0.3) is 0 Å². The van der Waals surface area contributed by atoms with Crippen LogP contribution in [0.2, 0.25) is 5.02 Å². The number of ether oxygens (including phenoxy) is 1. The molecule has 1 aromatic rings. The summed E-state index contributed by atoms with van der Waals surface area (Å²) in [6.45, 7) is 4.63. The molecule has 0 saturated heterocycles. The van der Waals surface area contributed by atoms with Crippen molar-refractivity contribution in [2.24, 2.45) is 0 Å². The normalized spacial score (nSPS) is 13.9. The third kappa shape index (κ3) is 5.59. The Kier molecular flexibility index (Phi) is 6.84. The zero-order valence-corrected chi connectivity index (χ0v) is 12.0. The minimum absolute atomic E-state index is 0.131. The number of carbonyl (C=O) groups is 1. The van der Waals surface area contributed by atoms with Crippen LogP contribution in [0.25, 0.3) is 0 Å². The molecule has 2 atom stereocenters. The van der Waals surface area contributed by atoms with Gasteiger partial charge in [-0.15, -0.1) is 0 Å². The molecule has 2 unspecified atom stereocenters. The van der Waals surface area contributed by atoms with E-state index < -0.39 is 6.10 Å². The third-order valence-electron chi connectivity index (χ3n) is 2.75. The van der Waals surface area contributed by atoms with Crippen molar-refractivity contribution in [2.45, 2.75) is 32.4 Å². The van der Waals surface area contributed by atoms with Crippen molar-refractivity contribution in [3.8, 4) is 0 Å². The molecule has 0 saturated carbocycles. The average Bonchev–Trinajstić information content (AvgIpc) is 2.39. The van der Waals surface area contributed by atoms with Crippen LogP contribution >= 0.6 is 11.6 Å². The molecule has 0 radical (unpaired) electrons. The molecule has 1 rings (SSSR count). The quantitative estimate of drug-likeness (QED) is 0.756. The van der Waals surface area contributed by atoms with Gasteiger partial charge in [0, 0.05) is 18.1 Å². The van der Waals surface area contributed by atoms with Gasteiger partial charge >= 0.3 is 0 Å². The highest BCUT2D eigenvalue weighted by molar-refractivity contribution is 6.30. The van der Waals surface area contributed by atoms with Crippen LogP contribution in [0, 0.1) is 0 Å². The van der Waals surface area contributed by atoms with E-state index in [1.54, 1.807) is 31.2 Å². The van der Waals surface area contributed by atoms with E-state index in [1.807, 2.05) is 6.92 Å². The SMILES string of the molecule is CCOCCC(=O)NC(C)C(O)c1ccc(Cl)cc1. The molecular weight excluding hydrogens is 266 g/mol. The predicted molar refractivity (Wildman–Crippen MR) is 75.1 cm³/mol. The van der Waals surface area contributed by atoms with Gasteiger partial charge in [-0.05, 0) is 31.5 Å². The van der Waals surface area contributed by atoms with Gasteiger partial charge in [-0.1, -0.05) is 23.7 Å². The molecule has 0 spiro atoms. The molecule has 0 aliphatic rings. The Morgan fingerprint density at radius 3 is 2.63 bits per heavy atom. The lowest BCUT2D eigenvalue weighted by Crippen LogP contribution is -2.37. The summed E-state index contributed by atoms with van der Waals surface area (Å²) in [6, 6.07) is 6.55. The number of hydrogen-bond acceptors (Lipinski definition) is 3. The zero-order chi connectivity index (χ0) is 14.3. The highest BCUT2D eigenvalue weighted by Crippen LogP contribution is 2.19. The number of aliphatic hydroxyl groups is 1. The number of rotatable bonds is 7. The van der Waals surface area contributed by atoms with E-state index in [0.717, 1.165) is 5.56 Å². The minimum Gasteiger partial charge on any atom is -0.386 e. The molecule has 0 aliphatic heterocycles. The second kappa shape index (κ2) is 8.15. The van der Waals surface area contributed by atoms with E-state index in [1.165, 1.54) is 0 Å². The van der Waals surface area contributed by atoms with Crippen LogP contribution in [-0.4, -0.2) is 30.3 Å². The fraction of sp³-hybridized carbons (Fsp3) is 0.500. The van der Waals surface area contributed by atoms with E-state index in [0.29, 0.717) is 24.7 Å². The average molecular weight is 286 g/mol. The van der Waals surface area contributed by atoms with Crippen LogP contribution < -0.4 is 5.32 Å². The summed E-state index contributed by atoms with van der Waals surface area (Å²) in [5.74, 6) is -0.131. The van der Waals surface area contributed by atoms with Crippen LogP contribution in [0.5, 0.6) is 0 Å². The zero-order valence-electron chi connectivity index (χ0n) is 11.2. The van der Waals surface area contributed by atoms with Crippen LogP contribution in [0.15, 0.2) is 24.3 Å². The van der Waals surface area contributed by atoms with Crippen molar-refractivity contribution in [1.82, 2.24) is 5.32 Å². The van der Waals surface area contributed by atoms with Crippen molar-refractivity contribution in [3.63, 3.8) is 0 Å². The number of benzene rings is 1. The molecule has 4 nitrogen and oxygen atoms in total. The lowest BCUT2D eigenvalue weighted by Gasteiger charge is -2.20. The standard InChI is InChI=1S/C14H20ClNO3/c1-3-19-9-8-13(17)16-10(2)14(18)11-4-6-12(15)7-5-11/h4-7,10,14,18H,3,8-9H2,1-2H3,(H,16,17). The Morgan fingerprint density at radius 1 is 1.42 bits per heavy atom. The molecule has 106 valence electrons. The summed E-state index contributed by atoms with van der Waals surface area (Å²) < 4.78 is 5.11. The number of nitrogens with one attached hydrogen (secondary N) is 1. The van der Waals surface area contributed by atoms with Gasteiger partial charge in [0.15, 0.2) is 0 Å². The fourth-order valence-electron chi connectivity index (χ4n) is 1.66. The summed E-state index contributed by atoms with van der Waals surface area (Å²) >= 11 is 5.79. The van der Waals surface area contributed by atoms with Gasteiger partial charge < -0.3 is 15.2 Å². The molecule has 1 amide bonds. The Bertz CT molecular complexity index is 394. The maximum atomic E-state index is 11.6. The predicted octanol–water partition coefficient (Wildman–Crippen LogP) is 2.30. The van der Waals surface area contributed by atoms with Gasteiger partial charge in [-0.25, -0.2) is 0 Å². The van der Waals surface area contributed by atoms with Crippen molar-refractivity contribution >= 4 is 17.5 Å². The van der Waals surface area contributed by atoms with Crippen molar-refractivity contribution in [3.05, 3.63) is 34.9 Å². The second-order valence-electron chi connectivity index (χ2n) is 4.30. The Morgan fingerprint density at radius 2 is 2.05 bits per heavy atom. The number of hydrogen-bond donors (Lipinski definition) is 2. The first-order chi connectivity index (χ1) is 9.04. The Balaban J connectivity index is 2.46. The largest absolute Gasteiger partial charge is 0.386 e. The third-order valence-corrected chi connectivity index (χ3v) is 3.00. The molecule has 1 aromatic carbocycles. The van der Waals surface area contributed by atoms with Crippen molar-refractivity contribution < 1.29 is 14.6 Å². The molecule has 5 heteroatoms. The summed E-state index contributed by atoms with van der Waals surface area (Å²) in [7, 11) is 0. The molecule has 0 fully saturated rings. The maximum absolute atomic E-state index is 11.6. The highest BCUT2D eigenvalue weighted by atomic mass is 35.5. The monoisotopic (exact) mass is 285 g/mol. The molecule has 0 bridgehead atoms. The van der Waals surface area contributed by atoms with Gasteiger partial charge in [0.1, 0.15) is 0 Å². The summed E-state index contributed by atoms with van der Waals surface area (Å²) in [6.07, 6.45) is -0.459. The molecule has 0 aromatic heterocycles. The molecule has 0 aliphatic carbocycles. The number of aliphatic hydroxyl groups excluding tert-OH is 1. The summed E-state index contributed by atoms with van der Waals surface area (Å²) in [5, 5.41) is 13.5. The van der Waals surface area contributed by atoms with Gasteiger partial charge in [0.05, 0.1) is 18.8 Å². The molecule has 19 heavy (non-hydrogen) atoms. The number of halogens is 1. The maximum Gasteiger partial charge on any atom is 0.222 e. The van der Waals surface area contributed by atoms with E-state index in [9.17, 15) is 9.90 Å². The Labute approximate surface area is 118 Å². The summed E-state index contributed by atoms with van der Waals surface area (Å²) in [5.41, 5.74) is 0.724. The topological polar surface area (TPSA) is 58.6 Å². The Hall–Kier alpha value is -1.10. The lowest BCUT2D eigenvalue weighted by atomic mass is 10.0. The first-order valence-electron chi connectivity index (χ1n) is 6.35. The summed E-state index contributed by atoms with van der Waals surface area (Å²) in [4.78, 5) is 11.6. The number of carbonyl (C=O) groups excluding carboxylic acids is 1. The minimum atomic E-state index is -0.756. The van der Waals surface area contributed by atoms with Crippen molar-refractivity contribution in [1.29, 1.82) is 0 Å². The van der Waals surface area contributed by atoms with Gasteiger partial charge in [-0.2, -0.15) is 0 Å². The second-order valence-corrected chi connectivity index (χ2v) is 4.74. The van der Waals surface area contributed by atoms with Crippen LogP contribution in [0.4, 0.5) is 0 Å². The van der Waals surface area contributed by atoms with Gasteiger partial charge in [0.2, 0.25) is 5.91 Å². The first-order valence-corrected chi connectivity index (χ1v) is 6.73.